The summed E-state index contributed by atoms with van der Waals surface area (Å²) in [5, 5.41) is 1.49. The summed E-state index contributed by atoms with van der Waals surface area (Å²) in [5.74, 6) is 2.03. The SMILES string of the molecule is CCCC1CCC2CC(c3ccc4cc(OC(F)F)c(F)cc4c3)CCC2C1. The van der Waals surface area contributed by atoms with Gasteiger partial charge in [0.15, 0.2) is 11.6 Å². The molecular formula is C24H29F3O. The molecule has 0 heterocycles. The van der Waals surface area contributed by atoms with Gasteiger partial charge in [0.2, 0.25) is 0 Å². The van der Waals surface area contributed by atoms with Crippen LogP contribution >= 0.6 is 0 Å². The van der Waals surface area contributed by atoms with Gasteiger partial charge >= 0.3 is 6.61 Å². The lowest BCUT2D eigenvalue weighted by Gasteiger charge is -2.42. The van der Waals surface area contributed by atoms with Crippen molar-refractivity contribution in [1.82, 2.24) is 0 Å². The topological polar surface area (TPSA) is 9.23 Å². The zero-order valence-corrected chi connectivity index (χ0v) is 16.5. The Morgan fingerprint density at radius 1 is 0.964 bits per heavy atom. The van der Waals surface area contributed by atoms with Crippen molar-refractivity contribution in [2.45, 2.75) is 70.8 Å². The van der Waals surface area contributed by atoms with Crippen LogP contribution < -0.4 is 4.74 Å². The van der Waals surface area contributed by atoms with Gasteiger partial charge in [0.1, 0.15) is 0 Å². The second kappa shape index (κ2) is 8.34. The first-order chi connectivity index (χ1) is 13.5. The molecule has 2 aromatic rings. The van der Waals surface area contributed by atoms with E-state index in [1.54, 1.807) is 0 Å². The van der Waals surface area contributed by atoms with E-state index in [1.165, 1.54) is 69.1 Å². The summed E-state index contributed by atoms with van der Waals surface area (Å²) in [6, 6.07) is 8.72. The van der Waals surface area contributed by atoms with Crippen molar-refractivity contribution >= 4 is 10.8 Å². The highest BCUT2D eigenvalue weighted by molar-refractivity contribution is 5.84. The molecule has 0 aromatic heterocycles. The Bertz CT molecular complexity index is 819. The van der Waals surface area contributed by atoms with Crippen LogP contribution in [-0.4, -0.2) is 6.61 Å². The van der Waals surface area contributed by atoms with Gasteiger partial charge in [0.25, 0.3) is 0 Å². The average molecular weight is 390 g/mol. The van der Waals surface area contributed by atoms with Crippen LogP contribution in [0.5, 0.6) is 5.75 Å². The Morgan fingerprint density at radius 2 is 1.75 bits per heavy atom. The average Bonchev–Trinajstić information content (AvgIpc) is 2.68. The highest BCUT2D eigenvalue weighted by atomic mass is 19.3. The molecule has 4 atom stereocenters. The number of hydrogen-bond donors (Lipinski definition) is 0. The summed E-state index contributed by atoms with van der Waals surface area (Å²) in [5.41, 5.74) is 1.25. The minimum atomic E-state index is -3.02. The van der Waals surface area contributed by atoms with E-state index in [-0.39, 0.29) is 5.75 Å². The standard InChI is InChI=1S/C24H29F3O/c1-2-3-15-4-5-17-11-18(7-6-16(17)10-15)19-8-9-20-14-23(28-24(26)27)22(25)13-21(20)12-19/h8-9,12-18,24H,2-7,10-11H2,1H3. The van der Waals surface area contributed by atoms with Gasteiger partial charge in [-0.25, -0.2) is 4.39 Å². The zero-order valence-electron chi connectivity index (χ0n) is 16.5. The first kappa shape index (κ1) is 19.6. The van der Waals surface area contributed by atoms with Crippen LogP contribution in [0, 0.1) is 23.6 Å². The molecule has 0 radical (unpaired) electrons. The van der Waals surface area contributed by atoms with Gasteiger partial charge < -0.3 is 4.74 Å². The van der Waals surface area contributed by atoms with Crippen LogP contribution in [0.25, 0.3) is 10.8 Å². The van der Waals surface area contributed by atoms with E-state index in [1.807, 2.05) is 12.1 Å². The quantitative estimate of drug-likeness (QED) is 0.509. The number of alkyl halides is 2. The van der Waals surface area contributed by atoms with Gasteiger partial charge in [-0.05, 0) is 84.2 Å². The fraction of sp³-hybridized carbons (Fsp3) is 0.583. The molecule has 0 saturated heterocycles. The number of hydrogen-bond acceptors (Lipinski definition) is 1. The van der Waals surface area contributed by atoms with Crippen LogP contribution in [0.15, 0.2) is 30.3 Å². The predicted molar refractivity (Wildman–Crippen MR) is 106 cm³/mol. The van der Waals surface area contributed by atoms with E-state index >= 15 is 0 Å². The first-order valence-electron chi connectivity index (χ1n) is 10.7. The van der Waals surface area contributed by atoms with Crippen molar-refractivity contribution in [1.29, 1.82) is 0 Å². The minimum absolute atomic E-state index is 0.389. The summed E-state index contributed by atoms with van der Waals surface area (Å²) in [6.45, 7) is -0.734. The smallest absolute Gasteiger partial charge is 0.387 e. The lowest BCUT2D eigenvalue weighted by atomic mass is 9.63. The summed E-state index contributed by atoms with van der Waals surface area (Å²) in [4.78, 5) is 0. The van der Waals surface area contributed by atoms with Crippen molar-refractivity contribution in [2.24, 2.45) is 17.8 Å². The highest BCUT2D eigenvalue weighted by Crippen LogP contribution is 2.48. The zero-order chi connectivity index (χ0) is 19.7. The number of halogens is 3. The molecule has 0 N–H and O–H groups in total. The molecule has 2 aliphatic carbocycles. The Labute approximate surface area is 165 Å². The van der Waals surface area contributed by atoms with Crippen LogP contribution in [0.2, 0.25) is 0 Å². The summed E-state index contributed by atoms with van der Waals surface area (Å²) in [6.07, 6.45) is 10.5. The molecule has 152 valence electrons. The van der Waals surface area contributed by atoms with Crippen LogP contribution in [0.4, 0.5) is 13.2 Å². The Morgan fingerprint density at radius 3 is 2.54 bits per heavy atom. The van der Waals surface area contributed by atoms with E-state index in [9.17, 15) is 13.2 Å². The van der Waals surface area contributed by atoms with Crippen molar-refractivity contribution in [3.63, 3.8) is 0 Å². The fourth-order valence-electron chi connectivity index (χ4n) is 5.67. The molecule has 0 aliphatic heterocycles. The number of benzene rings is 2. The van der Waals surface area contributed by atoms with Gasteiger partial charge in [-0.1, -0.05) is 44.4 Å². The van der Waals surface area contributed by atoms with Crippen LogP contribution in [0.3, 0.4) is 0 Å². The van der Waals surface area contributed by atoms with E-state index in [0.717, 1.165) is 28.5 Å². The van der Waals surface area contributed by atoms with Gasteiger partial charge in [-0.15, -0.1) is 0 Å². The van der Waals surface area contributed by atoms with Crippen molar-refractivity contribution < 1.29 is 17.9 Å². The number of ether oxygens (including phenoxy) is 1. The van der Waals surface area contributed by atoms with Crippen LogP contribution in [0.1, 0.15) is 69.8 Å². The van der Waals surface area contributed by atoms with E-state index in [0.29, 0.717) is 5.92 Å². The monoisotopic (exact) mass is 390 g/mol. The molecule has 0 spiro atoms. The maximum atomic E-state index is 14.1. The van der Waals surface area contributed by atoms with Crippen molar-refractivity contribution in [2.75, 3.05) is 0 Å². The Hall–Kier alpha value is -1.71. The maximum Gasteiger partial charge on any atom is 0.387 e. The normalized spacial score (nSPS) is 27.8. The Balaban J connectivity index is 1.49. The second-order valence-electron chi connectivity index (χ2n) is 8.77. The molecule has 2 fully saturated rings. The molecule has 0 amide bonds. The fourth-order valence-corrected chi connectivity index (χ4v) is 5.67. The minimum Gasteiger partial charge on any atom is -0.432 e. The van der Waals surface area contributed by atoms with Crippen LogP contribution in [-0.2, 0) is 0 Å². The third kappa shape index (κ3) is 4.16. The number of fused-ring (bicyclic) bond motifs is 2. The number of rotatable bonds is 5. The van der Waals surface area contributed by atoms with Gasteiger partial charge in [0, 0.05) is 0 Å². The third-order valence-corrected chi connectivity index (χ3v) is 7.02. The third-order valence-electron chi connectivity index (χ3n) is 7.02. The van der Waals surface area contributed by atoms with Crippen molar-refractivity contribution in [3.05, 3.63) is 41.7 Å². The van der Waals surface area contributed by atoms with Crippen molar-refractivity contribution in [3.8, 4) is 5.75 Å². The molecule has 2 saturated carbocycles. The van der Waals surface area contributed by atoms with E-state index in [4.69, 9.17) is 0 Å². The molecule has 4 unspecified atom stereocenters. The molecular weight excluding hydrogens is 361 g/mol. The summed E-state index contributed by atoms with van der Waals surface area (Å²) in [7, 11) is 0. The maximum absolute atomic E-state index is 14.1. The highest BCUT2D eigenvalue weighted by Gasteiger charge is 2.35. The van der Waals surface area contributed by atoms with Gasteiger partial charge in [-0.3, -0.25) is 0 Å². The molecule has 0 bridgehead atoms. The largest absolute Gasteiger partial charge is 0.432 e. The summed E-state index contributed by atoms with van der Waals surface area (Å²) < 4.78 is 43.2. The van der Waals surface area contributed by atoms with Gasteiger partial charge in [-0.2, -0.15) is 8.78 Å². The molecule has 4 heteroatoms. The van der Waals surface area contributed by atoms with Gasteiger partial charge in [0.05, 0.1) is 0 Å². The lowest BCUT2D eigenvalue weighted by Crippen LogP contribution is -2.30. The molecule has 2 aliphatic rings. The second-order valence-corrected chi connectivity index (χ2v) is 8.77. The molecule has 1 nitrogen and oxygen atoms in total. The lowest BCUT2D eigenvalue weighted by molar-refractivity contribution is -0.0520. The molecule has 4 rings (SSSR count). The van der Waals surface area contributed by atoms with E-state index in [2.05, 4.69) is 17.7 Å². The molecule has 2 aromatic carbocycles. The van der Waals surface area contributed by atoms with E-state index < -0.39 is 12.4 Å². The Kier molecular flexibility index (Phi) is 5.84. The first-order valence-corrected chi connectivity index (χ1v) is 10.7. The predicted octanol–water partition coefficient (Wildman–Crippen LogP) is 7.68. The summed E-state index contributed by atoms with van der Waals surface area (Å²) >= 11 is 0. The molecule has 28 heavy (non-hydrogen) atoms.